The Morgan fingerprint density at radius 1 is 0.926 bits per heavy atom. The SMILES string of the molecule is CC(C)C(NC(=O)CN)C(=O)NC(CO)C(=O)NC(CCC(=O)O)C(=O)O. The van der Waals surface area contributed by atoms with Crippen LogP contribution in [0, 0.1) is 5.92 Å². The van der Waals surface area contributed by atoms with Gasteiger partial charge < -0.3 is 37.0 Å². The van der Waals surface area contributed by atoms with Crippen molar-refractivity contribution < 1.29 is 39.3 Å². The number of aliphatic hydroxyl groups excluding tert-OH is 1. The molecule has 0 fully saturated rings. The van der Waals surface area contributed by atoms with Crippen molar-refractivity contribution in [2.75, 3.05) is 13.2 Å². The Morgan fingerprint density at radius 2 is 1.48 bits per heavy atom. The lowest BCUT2D eigenvalue weighted by Crippen LogP contribution is -2.58. The Bertz CT molecular complexity index is 566. The van der Waals surface area contributed by atoms with Gasteiger partial charge in [-0.05, 0) is 12.3 Å². The Labute approximate surface area is 155 Å². The molecule has 0 heterocycles. The van der Waals surface area contributed by atoms with Crippen LogP contribution in [0.2, 0.25) is 0 Å². The Hall–Kier alpha value is -2.73. The lowest BCUT2D eigenvalue weighted by atomic mass is 10.0. The summed E-state index contributed by atoms with van der Waals surface area (Å²) >= 11 is 0. The number of carbonyl (C=O) groups is 5. The van der Waals surface area contributed by atoms with E-state index in [-0.39, 0.29) is 18.9 Å². The number of carboxylic acid groups (broad SMARTS) is 2. The first kappa shape index (κ1) is 24.3. The van der Waals surface area contributed by atoms with Gasteiger partial charge in [0, 0.05) is 6.42 Å². The van der Waals surface area contributed by atoms with Crippen LogP contribution in [0.1, 0.15) is 26.7 Å². The lowest BCUT2D eigenvalue weighted by molar-refractivity contribution is -0.143. The highest BCUT2D eigenvalue weighted by atomic mass is 16.4. The van der Waals surface area contributed by atoms with Crippen LogP contribution in [0.3, 0.4) is 0 Å². The van der Waals surface area contributed by atoms with Gasteiger partial charge in [-0.15, -0.1) is 0 Å². The summed E-state index contributed by atoms with van der Waals surface area (Å²) in [7, 11) is 0. The maximum atomic E-state index is 12.3. The molecule has 0 aliphatic heterocycles. The molecule has 0 radical (unpaired) electrons. The third-order valence-corrected chi connectivity index (χ3v) is 3.53. The summed E-state index contributed by atoms with van der Waals surface area (Å²) in [6.07, 6.45) is -0.863. The molecule has 3 unspecified atom stereocenters. The van der Waals surface area contributed by atoms with Crippen molar-refractivity contribution in [3.63, 3.8) is 0 Å². The van der Waals surface area contributed by atoms with Crippen molar-refractivity contribution in [3.8, 4) is 0 Å². The van der Waals surface area contributed by atoms with E-state index < -0.39 is 60.8 Å². The molecule has 27 heavy (non-hydrogen) atoms. The molecule has 0 aliphatic carbocycles. The molecule has 3 amide bonds. The monoisotopic (exact) mass is 390 g/mol. The molecule has 0 saturated heterocycles. The smallest absolute Gasteiger partial charge is 0.326 e. The molecule has 3 atom stereocenters. The number of aliphatic carboxylic acids is 2. The zero-order valence-corrected chi connectivity index (χ0v) is 15.1. The third kappa shape index (κ3) is 8.96. The molecular formula is C15H26N4O8. The minimum atomic E-state index is -1.50. The highest BCUT2D eigenvalue weighted by Crippen LogP contribution is 2.03. The molecule has 0 aromatic rings. The van der Waals surface area contributed by atoms with E-state index in [1.807, 2.05) is 0 Å². The van der Waals surface area contributed by atoms with E-state index >= 15 is 0 Å². The zero-order chi connectivity index (χ0) is 21.1. The fourth-order valence-electron chi connectivity index (χ4n) is 2.02. The molecule has 0 rings (SSSR count). The second-order valence-corrected chi connectivity index (χ2v) is 6.07. The van der Waals surface area contributed by atoms with Gasteiger partial charge in [-0.25, -0.2) is 4.79 Å². The van der Waals surface area contributed by atoms with Crippen LogP contribution in [-0.4, -0.2) is 76.3 Å². The average Bonchev–Trinajstić information content (AvgIpc) is 2.59. The van der Waals surface area contributed by atoms with Gasteiger partial charge in [0.25, 0.3) is 0 Å². The summed E-state index contributed by atoms with van der Waals surface area (Å²) in [4.78, 5) is 57.5. The number of amides is 3. The molecule has 154 valence electrons. The van der Waals surface area contributed by atoms with Crippen LogP contribution in [0.4, 0.5) is 0 Å². The van der Waals surface area contributed by atoms with Crippen molar-refractivity contribution in [3.05, 3.63) is 0 Å². The number of rotatable bonds is 12. The fraction of sp³-hybridized carbons (Fsp3) is 0.667. The van der Waals surface area contributed by atoms with Gasteiger partial charge in [0.15, 0.2) is 0 Å². The molecule has 12 nitrogen and oxygen atoms in total. The molecule has 8 N–H and O–H groups in total. The van der Waals surface area contributed by atoms with Crippen molar-refractivity contribution in [1.82, 2.24) is 16.0 Å². The lowest BCUT2D eigenvalue weighted by Gasteiger charge is -2.25. The predicted molar refractivity (Wildman–Crippen MR) is 91.3 cm³/mol. The fourth-order valence-corrected chi connectivity index (χ4v) is 2.02. The quantitative estimate of drug-likeness (QED) is 0.181. The molecule has 0 bridgehead atoms. The van der Waals surface area contributed by atoms with Gasteiger partial charge in [-0.3, -0.25) is 19.2 Å². The highest BCUT2D eigenvalue weighted by Gasteiger charge is 2.30. The summed E-state index contributed by atoms with van der Waals surface area (Å²) in [6.45, 7) is 2.10. The maximum Gasteiger partial charge on any atom is 0.326 e. The zero-order valence-electron chi connectivity index (χ0n) is 15.1. The number of nitrogens with one attached hydrogen (secondary N) is 3. The first-order valence-electron chi connectivity index (χ1n) is 8.19. The van der Waals surface area contributed by atoms with Gasteiger partial charge in [0.05, 0.1) is 13.2 Å². The minimum absolute atomic E-state index is 0.343. The normalized spacial score (nSPS) is 14.0. The van der Waals surface area contributed by atoms with E-state index in [1.165, 1.54) is 0 Å². The largest absolute Gasteiger partial charge is 0.481 e. The van der Waals surface area contributed by atoms with Crippen molar-refractivity contribution in [1.29, 1.82) is 0 Å². The second kappa shape index (κ2) is 11.8. The van der Waals surface area contributed by atoms with Gasteiger partial charge in [0.1, 0.15) is 18.1 Å². The standard InChI is InChI=1S/C15H26N4O8/c1-7(2)12(19-10(21)5-16)14(25)18-9(6-20)13(24)17-8(15(26)27)3-4-11(22)23/h7-9,12,20H,3-6,16H2,1-2H3,(H,17,24)(H,18,25)(H,19,21)(H,22,23)(H,26,27). The van der Waals surface area contributed by atoms with Crippen LogP contribution >= 0.6 is 0 Å². The maximum absolute atomic E-state index is 12.3. The van der Waals surface area contributed by atoms with Crippen LogP contribution in [0.5, 0.6) is 0 Å². The van der Waals surface area contributed by atoms with E-state index in [4.69, 9.17) is 15.9 Å². The third-order valence-electron chi connectivity index (χ3n) is 3.53. The number of aliphatic hydroxyl groups is 1. The predicted octanol–water partition coefficient (Wildman–Crippen LogP) is -3.00. The summed E-state index contributed by atoms with van der Waals surface area (Å²) in [5, 5.41) is 33.7. The van der Waals surface area contributed by atoms with Gasteiger partial charge >= 0.3 is 11.9 Å². The summed E-state index contributed by atoms with van der Waals surface area (Å²) < 4.78 is 0. The molecule has 0 aliphatic rings. The van der Waals surface area contributed by atoms with E-state index in [0.717, 1.165) is 0 Å². The number of carboxylic acids is 2. The molecule has 0 saturated carbocycles. The first-order valence-corrected chi connectivity index (χ1v) is 8.19. The number of nitrogens with two attached hydrogens (primary N) is 1. The molecule has 0 aromatic heterocycles. The Kier molecular flexibility index (Phi) is 10.6. The van der Waals surface area contributed by atoms with Crippen LogP contribution in [0.25, 0.3) is 0 Å². The van der Waals surface area contributed by atoms with Crippen LogP contribution in [0.15, 0.2) is 0 Å². The van der Waals surface area contributed by atoms with Gasteiger partial charge in [-0.2, -0.15) is 0 Å². The number of hydrogen-bond acceptors (Lipinski definition) is 7. The minimum Gasteiger partial charge on any atom is -0.481 e. The van der Waals surface area contributed by atoms with Crippen molar-refractivity contribution >= 4 is 29.7 Å². The van der Waals surface area contributed by atoms with Gasteiger partial charge in [0.2, 0.25) is 17.7 Å². The number of hydrogen-bond donors (Lipinski definition) is 7. The van der Waals surface area contributed by atoms with Crippen molar-refractivity contribution in [2.45, 2.75) is 44.8 Å². The highest BCUT2D eigenvalue weighted by molar-refractivity contribution is 5.93. The summed E-state index contributed by atoms with van der Waals surface area (Å²) in [5.41, 5.74) is 5.18. The molecule has 12 heteroatoms. The van der Waals surface area contributed by atoms with Crippen LogP contribution in [-0.2, 0) is 24.0 Å². The molecular weight excluding hydrogens is 364 g/mol. The van der Waals surface area contributed by atoms with Gasteiger partial charge in [-0.1, -0.05) is 13.8 Å². The summed E-state index contributed by atoms with van der Waals surface area (Å²) in [6, 6.07) is -4.01. The molecule has 0 aromatic carbocycles. The van der Waals surface area contributed by atoms with Crippen LogP contribution < -0.4 is 21.7 Å². The van der Waals surface area contributed by atoms with E-state index in [0.29, 0.717) is 0 Å². The Morgan fingerprint density at radius 3 is 1.89 bits per heavy atom. The Balaban J connectivity index is 5.03. The van der Waals surface area contributed by atoms with E-state index in [9.17, 15) is 29.1 Å². The molecule has 0 spiro atoms. The van der Waals surface area contributed by atoms with Crippen molar-refractivity contribution in [2.24, 2.45) is 11.7 Å². The van der Waals surface area contributed by atoms with E-state index in [2.05, 4.69) is 16.0 Å². The average molecular weight is 390 g/mol. The topological polar surface area (TPSA) is 208 Å². The second-order valence-electron chi connectivity index (χ2n) is 6.07. The van der Waals surface area contributed by atoms with E-state index in [1.54, 1.807) is 13.8 Å². The number of carbonyl (C=O) groups excluding carboxylic acids is 3. The summed E-state index contributed by atoms with van der Waals surface area (Å²) in [5.74, 6) is -5.41. The first-order chi connectivity index (χ1) is 12.5.